The maximum atomic E-state index is 13.7. The van der Waals surface area contributed by atoms with Gasteiger partial charge in [-0.1, -0.05) is 0 Å². The molecule has 1 aromatic carbocycles. The van der Waals surface area contributed by atoms with Crippen molar-refractivity contribution in [3.05, 3.63) is 34.9 Å². The molecule has 1 fully saturated rings. The molecule has 0 spiro atoms. The van der Waals surface area contributed by atoms with E-state index in [0.29, 0.717) is 19.4 Å². The summed E-state index contributed by atoms with van der Waals surface area (Å²) in [5.74, 6) is -1.84. The van der Waals surface area contributed by atoms with Gasteiger partial charge in [0.05, 0.1) is 5.56 Å². The number of aryl methyl sites for hydroxylation is 1. The van der Waals surface area contributed by atoms with Crippen molar-refractivity contribution in [3.8, 4) is 0 Å². The molecule has 1 amide bonds. The number of benzene rings is 1. The zero-order valence-electron chi connectivity index (χ0n) is 11.1. The number of halogens is 2. The van der Waals surface area contributed by atoms with Gasteiger partial charge in [-0.3, -0.25) is 4.79 Å². The van der Waals surface area contributed by atoms with Gasteiger partial charge in [-0.05, 0) is 38.3 Å². The Balaban J connectivity index is 2.27. The molecule has 2 rings (SSSR count). The van der Waals surface area contributed by atoms with Crippen molar-refractivity contribution in [1.82, 2.24) is 4.90 Å². The van der Waals surface area contributed by atoms with E-state index in [0.717, 1.165) is 6.07 Å². The third-order valence-electron chi connectivity index (χ3n) is 3.66. The molecule has 5 heteroatoms. The summed E-state index contributed by atoms with van der Waals surface area (Å²) in [6, 6.07) is 2.09. The van der Waals surface area contributed by atoms with E-state index in [4.69, 9.17) is 5.73 Å². The second-order valence-electron chi connectivity index (χ2n) is 5.21. The fraction of sp³-hybridized carbons (Fsp3) is 0.500. The van der Waals surface area contributed by atoms with Crippen molar-refractivity contribution in [2.45, 2.75) is 38.8 Å². The lowest BCUT2D eigenvalue weighted by Gasteiger charge is -2.36. The molecule has 2 N–H and O–H groups in total. The van der Waals surface area contributed by atoms with Gasteiger partial charge in [0, 0.05) is 24.7 Å². The summed E-state index contributed by atoms with van der Waals surface area (Å²) < 4.78 is 26.9. The summed E-state index contributed by atoms with van der Waals surface area (Å²) in [6.07, 6.45) is 1.41. The van der Waals surface area contributed by atoms with Crippen LogP contribution < -0.4 is 5.73 Å². The van der Waals surface area contributed by atoms with Gasteiger partial charge in [0.1, 0.15) is 11.6 Å². The van der Waals surface area contributed by atoms with Crippen LogP contribution in [-0.4, -0.2) is 29.4 Å². The molecule has 0 bridgehead atoms. The summed E-state index contributed by atoms with van der Waals surface area (Å²) >= 11 is 0. The normalized spacial score (nSPS) is 23.5. The van der Waals surface area contributed by atoms with Gasteiger partial charge in [0.15, 0.2) is 0 Å². The minimum atomic E-state index is -0.810. The first-order chi connectivity index (χ1) is 8.90. The van der Waals surface area contributed by atoms with Gasteiger partial charge in [0.2, 0.25) is 0 Å². The first kappa shape index (κ1) is 13.9. The highest BCUT2D eigenvalue weighted by molar-refractivity contribution is 5.95. The fourth-order valence-electron chi connectivity index (χ4n) is 2.49. The van der Waals surface area contributed by atoms with Crippen LogP contribution >= 0.6 is 0 Å². The fourth-order valence-corrected chi connectivity index (χ4v) is 2.49. The Kier molecular flexibility index (Phi) is 3.85. The molecule has 19 heavy (non-hydrogen) atoms. The van der Waals surface area contributed by atoms with E-state index in [1.54, 1.807) is 4.90 Å². The SMILES string of the molecule is Cc1cc(C(=O)N2CC[C@@H](N)C[C@H]2C)c(F)cc1F. The third-order valence-corrected chi connectivity index (χ3v) is 3.66. The third kappa shape index (κ3) is 2.76. The minimum absolute atomic E-state index is 0.0268. The molecular weight excluding hydrogens is 250 g/mol. The Morgan fingerprint density at radius 2 is 2.05 bits per heavy atom. The van der Waals surface area contributed by atoms with Gasteiger partial charge in [0.25, 0.3) is 5.91 Å². The highest BCUT2D eigenvalue weighted by Gasteiger charge is 2.29. The molecule has 1 heterocycles. The lowest BCUT2D eigenvalue weighted by atomic mass is 9.97. The van der Waals surface area contributed by atoms with E-state index >= 15 is 0 Å². The Hall–Kier alpha value is -1.49. The van der Waals surface area contributed by atoms with Crippen molar-refractivity contribution >= 4 is 5.91 Å². The van der Waals surface area contributed by atoms with Crippen LogP contribution in [0.3, 0.4) is 0 Å². The van der Waals surface area contributed by atoms with Gasteiger partial charge in [-0.15, -0.1) is 0 Å². The number of piperidine rings is 1. The lowest BCUT2D eigenvalue weighted by Crippen LogP contribution is -2.48. The second kappa shape index (κ2) is 5.25. The van der Waals surface area contributed by atoms with E-state index in [1.165, 1.54) is 13.0 Å². The van der Waals surface area contributed by atoms with Crippen molar-refractivity contribution < 1.29 is 13.6 Å². The Morgan fingerprint density at radius 1 is 1.37 bits per heavy atom. The Labute approximate surface area is 111 Å². The standard InChI is InChI=1S/C14H18F2N2O/c1-8-5-11(13(16)7-12(8)15)14(19)18-4-3-10(17)6-9(18)2/h5,7,9-10H,3-4,6,17H2,1-2H3/t9-,10-/m1/s1. The number of amides is 1. The number of nitrogens with two attached hydrogens (primary N) is 1. The van der Waals surface area contributed by atoms with Gasteiger partial charge in [-0.2, -0.15) is 0 Å². The van der Waals surface area contributed by atoms with Gasteiger partial charge < -0.3 is 10.6 Å². The maximum absolute atomic E-state index is 13.7. The van der Waals surface area contributed by atoms with Crippen molar-refractivity contribution in [3.63, 3.8) is 0 Å². The quantitative estimate of drug-likeness (QED) is 0.849. The molecule has 2 atom stereocenters. The predicted octanol–water partition coefficient (Wildman–Crippen LogP) is 2.23. The first-order valence-electron chi connectivity index (χ1n) is 6.42. The highest BCUT2D eigenvalue weighted by atomic mass is 19.1. The zero-order chi connectivity index (χ0) is 14.2. The van der Waals surface area contributed by atoms with Crippen molar-refractivity contribution in [2.75, 3.05) is 6.54 Å². The monoisotopic (exact) mass is 268 g/mol. The minimum Gasteiger partial charge on any atom is -0.336 e. The van der Waals surface area contributed by atoms with Crippen LogP contribution in [0, 0.1) is 18.6 Å². The number of nitrogens with zero attached hydrogens (tertiary/aromatic N) is 1. The van der Waals surface area contributed by atoms with E-state index in [2.05, 4.69) is 0 Å². The summed E-state index contributed by atoms with van der Waals surface area (Å²) in [4.78, 5) is 13.9. The number of carbonyl (C=O) groups is 1. The number of rotatable bonds is 1. The molecule has 1 saturated heterocycles. The smallest absolute Gasteiger partial charge is 0.257 e. The summed E-state index contributed by atoms with van der Waals surface area (Å²) in [6.45, 7) is 3.92. The maximum Gasteiger partial charge on any atom is 0.257 e. The molecule has 0 aromatic heterocycles. The van der Waals surface area contributed by atoms with Crippen LogP contribution in [0.25, 0.3) is 0 Å². The average Bonchev–Trinajstić information content (AvgIpc) is 2.33. The van der Waals surface area contributed by atoms with Crippen molar-refractivity contribution in [1.29, 1.82) is 0 Å². The molecule has 1 aromatic rings. The highest BCUT2D eigenvalue weighted by Crippen LogP contribution is 2.21. The Morgan fingerprint density at radius 3 is 2.68 bits per heavy atom. The molecule has 3 nitrogen and oxygen atoms in total. The van der Waals surface area contributed by atoms with E-state index < -0.39 is 11.6 Å². The van der Waals surface area contributed by atoms with E-state index in [9.17, 15) is 13.6 Å². The van der Waals surface area contributed by atoms with Crippen LogP contribution in [0.2, 0.25) is 0 Å². The number of hydrogen-bond acceptors (Lipinski definition) is 2. The topological polar surface area (TPSA) is 46.3 Å². The summed E-state index contributed by atoms with van der Waals surface area (Å²) in [5, 5.41) is 0. The van der Waals surface area contributed by atoms with Crippen molar-refractivity contribution in [2.24, 2.45) is 5.73 Å². The zero-order valence-corrected chi connectivity index (χ0v) is 11.1. The van der Waals surface area contributed by atoms with Gasteiger partial charge in [-0.25, -0.2) is 8.78 Å². The lowest BCUT2D eigenvalue weighted by molar-refractivity contribution is 0.0614. The van der Waals surface area contributed by atoms with Crippen LogP contribution in [0.5, 0.6) is 0 Å². The first-order valence-corrected chi connectivity index (χ1v) is 6.42. The van der Waals surface area contributed by atoms with Crippen LogP contribution in [0.15, 0.2) is 12.1 Å². The molecule has 1 aliphatic rings. The van der Waals surface area contributed by atoms with E-state index in [1.807, 2.05) is 6.92 Å². The van der Waals surface area contributed by atoms with Crippen LogP contribution in [0.1, 0.15) is 35.7 Å². The molecule has 0 unspecified atom stereocenters. The Bertz CT molecular complexity index is 504. The van der Waals surface area contributed by atoms with Crippen LogP contribution in [0.4, 0.5) is 8.78 Å². The molecule has 0 saturated carbocycles. The molecular formula is C14H18F2N2O. The van der Waals surface area contributed by atoms with Gasteiger partial charge >= 0.3 is 0 Å². The molecule has 0 aliphatic carbocycles. The number of likely N-dealkylation sites (tertiary alicyclic amines) is 1. The summed E-state index contributed by atoms with van der Waals surface area (Å²) in [5.41, 5.74) is 6.04. The predicted molar refractivity (Wildman–Crippen MR) is 68.8 cm³/mol. The largest absolute Gasteiger partial charge is 0.336 e. The average molecular weight is 268 g/mol. The number of carbonyl (C=O) groups excluding carboxylic acids is 1. The molecule has 104 valence electrons. The van der Waals surface area contributed by atoms with E-state index in [-0.39, 0.29) is 29.1 Å². The molecule has 1 aliphatic heterocycles. The molecule has 0 radical (unpaired) electrons. The van der Waals surface area contributed by atoms with Crippen LogP contribution in [-0.2, 0) is 0 Å². The second-order valence-corrected chi connectivity index (χ2v) is 5.21. The number of hydrogen-bond donors (Lipinski definition) is 1. The summed E-state index contributed by atoms with van der Waals surface area (Å²) in [7, 11) is 0.